The van der Waals surface area contributed by atoms with E-state index in [0.29, 0.717) is 30.3 Å². The van der Waals surface area contributed by atoms with Crippen LogP contribution in [0.25, 0.3) is 0 Å². The summed E-state index contributed by atoms with van der Waals surface area (Å²) in [5.74, 6) is -6.38. The monoisotopic (exact) mass is 1000 g/mol. The van der Waals surface area contributed by atoms with Gasteiger partial charge in [0.05, 0.1) is 12.1 Å². The SMILES string of the molecule is CCC[C@H](N)C(=O)N[C@@H](Cc1ccc(OP(=O)(O)O)cc1)C(=O)N[C@@H](CC(C)C)C(=O)N[C@@H](Cc1ccc(O)cc1)C(=O)N[C@@H](CC(C)C)C(=O)N[C@H](C(=O)N[C@H](C(=O)N[C@@H](C)C=O)C(C)C)C(C)C. The van der Waals surface area contributed by atoms with Crippen LogP contribution in [0, 0.1) is 23.7 Å². The van der Waals surface area contributed by atoms with Gasteiger partial charge in [0.2, 0.25) is 41.4 Å². The Morgan fingerprint density at radius 1 is 0.571 bits per heavy atom. The maximum Gasteiger partial charge on any atom is 0.524 e. The minimum atomic E-state index is -4.86. The maximum atomic E-state index is 14.4. The molecule has 390 valence electrons. The first-order chi connectivity index (χ1) is 32.6. The van der Waals surface area contributed by atoms with Crippen LogP contribution in [0.2, 0.25) is 0 Å². The summed E-state index contributed by atoms with van der Waals surface area (Å²) in [6, 6.07) is 2.20. The largest absolute Gasteiger partial charge is 0.524 e. The summed E-state index contributed by atoms with van der Waals surface area (Å²) in [6.07, 6.45) is 1.34. The molecule has 0 aromatic heterocycles. The normalized spacial score (nSPS) is 15.0. The molecule has 0 spiro atoms. The number of aromatic hydroxyl groups is 1. The van der Waals surface area contributed by atoms with E-state index in [9.17, 15) is 57.8 Å². The van der Waals surface area contributed by atoms with Gasteiger partial charge < -0.3 is 57.4 Å². The first-order valence-corrected chi connectivity index (χ1v) is 25.1. The number of rotatable bonds is 29. The van der Waals surface area contributed by atoms with Gasteiger partial charge in [0.25, 0.3) is 0 Å². The Bertz CT molecular complexity index is 2110. The van der Waals surface area contributed by atoms with Crippen molar-refractivity contribution in [1.82, 2.24) is 37.2 Å². The van der Waals surface area contributed by atoms with Gasteiger partial charge in [-0.2, -0.15) is 0 Å². The molecule has 0 aliphatic carbocycles. The highest BCUT2D eigenvalue weighted by Gasteiger charge is 2.36. The van der Waals surface area contributed by atoms with E-state index in [1.165, 1.54) is 43.3 Å². The van der Waals surface area contributed by atoms with Gasteiger partial charge in [0.15, 0.2) is 0 Å². The van der Waals surface area contributed by atoms with E-state index in [1.54, 1.807) is 39.8 Å². The molecule has 0 bridgehead atoms. The van der Waals surface area contributed by atoms with E-state index in [-0.39, 0.29) is 49.0 Å². The van der Waals surface area contributed by atoms with Crippen molar-refractivity contribution >= 4 is 55.5 Å². The molecule has 2 aromatic carbocycles. The summed E-state index contributed by atoms with van der Waals surface area (Å²) in [6.45, 7) is 17.4. The number of benzene rings is 2. The minimum absolute atomic E-state index is 0.0514. The van der Waals surface area contributed by atoms with Crippen molar-refractivity contribution in [3.05, 3.63) is 59.7 Å². The highest BCUT2D eigenvalue weighted by molar-refractivity contribution is 7.46. The summed E-state index contributed by atoms with van der Waals surface area (Å²) in [4.78, 5) is 127. The Morgan fingerprint density at radius 2 is 0.943 bits per heavy atom. The zero-order chi connectivity index (χ0) is 53.0. The van der Waals surface area contributed by atoms with Crippen molar-refractivity contribution < 1.29 is 62.3 Å². The molecule has 22 heteroatoms. The molecule has 0 aliphatic heterocycles. The fourth-order valence-corrected chi connectivity index (χ4v) is 7.60. The number of phenols is 1. The molecule has 0 heterocycles. The lowest BCUT2D eigenvalue weighted by Crippen LogP contribution is -2.61. The summed E-state index contributed by atoms with van der Waals surface area (Å²) < 4.78 is 16.0. The highest BCUT2D eigenvalue weighted by atomic mass is 31.2. The van der Waals surface area contributed by atoms with Crippen LogP contribution >= 0.6 is 7.82 Å². The van der Waals surface area contributed by atoms with Crippen LogP contribution in [-0.2, 0) is 55.8 Å². The molecule has 12 N–H and O–H groups in total. The summed E-state index contributed by atoms with van der Waals surface area (Å²) in [7, 11) is -4.86. The summed E-state index contributed by atoms with van der Waals surface area (Å²) in [5.41, 5.74) is 7.05. The number of nitrogens with two attached hydrogens (primary N) is 1. The molecule has 0 radical (unpaired) electrons. The Morgan fingerprint density at radius 3 is 1.34 bits per heavy atom. The van der Waals surface area contributed by atoms with E-state index < -0.39 is 109 Å². The number of carbonyl (C=O) groups is 8. The Balaban J connectivity index is 2.50. The number of hydrogen-bond donors (Lipinski definition) is 11. The number of amides is 7. The van der Waals surface area contributed by atoms with Crippen LogP contribution in [0.3, 0.4) is 0 Å². The number of nitrogens with one attached hydrogen (secondary N) is 7. The van der Waals surface area contributed by atoms with Crippen LogP contribution in [0.4, 0.5) is 0 Å². The molecule has 0 unspecified atom stereocenters. The number of phenolic OH excluding ortho intramolecular Hbond substituents is 1. The number of phosphoric acid groups is 1. The molecular weight excluding hydrogens is 928 g/mol. The predicted molar refractivity (Wildman–Crippen MR) is 261 cm³/mol. The molecule has 8 atom stereocenters. The van der Waals surface area contributed by atoms with Crippen molar-refractivity contribution in [2.45, 2.75) is 156 Å². The standard InChI is InChI=1S/C48H75N8O13P/c1-11-12-35(49)42(59)51-38(24-32-15-19-34(20-16-32)69-70(66,67)68)44(61)52-36(21-26(2)3)43(60)54-39(23-31-13-17-33(58)18-14-31)45(62)53-37(22-27(4)5)46(63)55-41(29(8)9)48(65)56-40(28(6)7)47(64)50-30(10)25-57/h13-20,25-30,35-41,58H,11-12,21-24,49H2,1-10H3,(H,50,64)(H,51,59)(H,52,61)(H,53,62)(H,54,60)(H,55,63)(H,56,65)(H2,66,67,68)/t30-,35-,36-,37-,38-,39-,40-,41-/m0/s1. The smallest absolute Gasteiger partial charge is 0.508 e. The first-order valence-electron chi connectivity index (χ1n) is 23.6. The fraction of sp³-hybridized carbons (Fsp3) is 0.583. The molecule has 2 aromatic rings. The van der Waals surface area contributed by atoms with Gasteiger partial charge in [-0.3, -0.25) is 43.3 Å². The number of carbonyl (C=O) groups excluding carboxylic acids is 8. The summed E-state index contributed by atoms with van der Waals surface area (Å²) in [5, 5.41) is 28.8. The lowest BCUT2D eigenvalue weighted by Gasteiger charge is -2.30. The average Bonchev–Trinajstić information content (AvgIpc) is 3.26. The molecule has 70 heavy (non-hydrogen) atoms. The topological polar surface area (TPSA) is 334 Å². The van der Waals surface area contributed by atoms with Crippen LogP contribution in [0.1, 0.15) is 106 Å². The van der Waals surface area contributed by atoms with Gasteiger partial charge in [-0.1, -0.05) is 93.0 Å². The molecule has 7 amide bonds. The second kappa shape index (κ2) is 28.7. The number of phosphoric ester groups is 1. The molecule has 21 nitrogen and oxygen atoms in total. The van der Waals surface area contributed by atoms with Gasteiger partial charge in [-0.15, -0.1) is 0 Å². The van der Waals surface area contributed by atoms with Crippen molar-refractivity contribution in [3.63, 3.8) is 0 Å². The molecule has 0 aliphatic rings. The fourth-order valence-electron chi connectivity index (χ4n) is 7.20. The Kier molecular flexibility index (Phi) is 24.7. The Labute approximate surface area is 410 Å². The van der Waals surface area contributed by atoms with Crippen LogP contribution in [-0.4, -0.2) is 111 Å². The zero-order valence-corrected chi connectivity index (χ0v) is 42.7. The van der Waals surface area contributed by atoms with E-state index in [2.05, 4.69) is 41.7 Å². The lowest BCUT2D eigenvalue weighted by atomic mass is 9.97. The molecule has 0 saturated carbocycles. The zero-order valence-electron chi connectivity index (χ0n) is 41.8. The van der Waals surface area contributed by atoms with Crippen molar-refractivity contribution in [2.75, 3.05) is 0 Å². The molecule has 2 rings (SSSR count). The van der Waals surface area contributed by atoms with Gasteiger partial charge in [-0.05, 0) is 85.3 Å². The third-order valence-electron chi connectivity index (χ3n) is 10.9. The van der Waals surface area contributed by atoms with Crippen LogP contribution in [0.15, 0.2) is 48.5 Å². The quantitative estimate of drug-likeness (QED) is 0.0409. The van der Waals surface area contributed by atoms with Crippen molar-refractivity contribution in [3.8, 4) is 11.5 Å². The maximum absolute atomic E-state index is 14.4. The second-order valence-electron chi connectivity index (χ2n) is 19.1. The second-order valence-corrected chi connectivity index (χ2v) is 20.3. The average molecular weight is 1000 g/mol. The van der Waals surface area contributed by atoms with E-state index >= 15 is 0 Å². The van der Waals surface area contributed by atoms with Crippen LogP contribution < -0.4 is 47.5 Å². The van der Waals surface area contributed by atoms with Crippen molar-refractivity contribution in [2.24, 2.45) is 29.4 Å². The van der Waals surface area contributed by atoms with E-state index in [0.717, 1.165) is 0 Å². The van der Waals surface area contributed by atoms with E-state index in [1.807, 2.05) is 34.6 Å². The van der Waals surface area contributed by atoms with Crippen molar-refractivity contribution in [1.29, 1.82) is 0 Å². The van der Waals surface area contributed by atoms with Gasteiger partial charge in [-0.25, -0.2) is 4.57 Å². The predicted octanol–water partition coefficient (Wildman–Crippen LogP) is 1.79. The summed E-state index contributed by atoms with van der Waals surface area (Å²) >= 11 is 0. The van der Waals surface area contributed by atoms with Gasteiger partial charge in [0, 0.05) is 12.8 Å². The van der Waals surface area contributed by atoms with E-state index in [4.69, 9.17) is 5.73 Å². The first kappa shape index (κ1) is 60.2. The van der Waals surface area contributed by atoms with Gasteiger partial charge >= 0.3 is 7.82 Å². The molecule has 0 fully saturated rings. The number of hydrogen-bond acceptors (Lipinski definition) is 12. The Hall–Kier alpha value is -5.89. The molecule has 0 saturated heterocycles. The minimum Gasteiger partial charge on any atom is -0.508 e. The third kappa shape index (κ3) is 21.4. The van der Waals surface area contributed by atoms with Crippen LogP contribution in [0.5, 0.6) is 11.5 Å². The number of aldehydes is 1. The molecular formula is C48H75N8O13P. The third-order valence-corrected chi connectivity index (χ3v) is 11.4. The lowest BCUT2D eigenvalue weighted by molar-refractivity contribution is -0.136. The highest BCUT2D eigenvalue weighted by Crippen LogP contribution is 2.37. The van der Waals surface area contributed by atoms with Gasteiger partial charge in [0.1, 0.15) is 54.0 Å².